The molecule has 8 aromatic carbocycles. The van der Waals surface area contributed by atoms with Crippen molar-refractivity contribution in [2.75, 3.05) is 0 Å². The van der Waals surface area contributed by atoms with Crippen LogP contribution >= 0.6 is 0 Å². The molecule has 0 aliphatic heterocycles. The molecule has 54 heavy (non-hydrogen) atoms. The Hall–Kier alpha value is -7.30. The van der Waals surface area contributed by atoms with Gasteiger partial charge in [-0.3, -0.25) is 0 Å². The van der Waals surface area contributed by atoms with Crippen molar-refractivity contribution in [3.8, 4) is 45.3 Å². The predicted octanol–water partition coefficient (Wildman–Crippen LogP) is 12.8. The summed E-state index contributed by atoms with van der Waals surface area (Å²) in [6.07, 6.45) is 0. The van der Waals surface area contributed by atoms with Crippen molar-refractivity contribution in [2.45, 2.75) is 0 Å². The third-order valence-electron chi connectivity index (χ3n) is 10.7. The van der Waals surface area contributed by atoms with Crippen LogP contribution in [0.2, 0.25) is 0 Å². The third-order valence-corrected chi connectivity index (χ3v) is 10.7. The van der Waals surface area contributed by atoms with Gasteiger partial charge in [-0.1, -0.05) is 133 Å². The summed E-state index contributed by atoms with van der Waals surface area (Å²) in [6, 6.07) is 69.0. The molecule has 3 aromatic heterocycles. The summed E-state index contributed by atoms with van der Waals surface area (Å²) in [5, 5.41) is 7.39. The van der Waals surface area contributed by atoms with E-state index < -0.39 is 0 Å². The molecule has 4 nitrogen and oxygen atoms in total. The van der Waals surface area contributed by atoms with Crippen LogP contribution < -0.4 is 0 Å². The molecule has 0 atom stereocenters. The Morgan fingerprint density at radius 3 is 1.52 bits per heavy atom. The molecule has 4 heteroatoms. The number of rotatable bonds is 5. The molecule has 0 fully saturated rings. The van der Waals surface area contributed by atoms with E-state index in [9.17, 15) is 0 Å². The molecular formula is C50H32N4. The standard InChI is InChI=1S/C50H32N4/c1-3-15-34(16-4-1)50-51-42(32-43(52-50)37-27-26-33-14-7-8-17-35(33)30-37)36-18-13-21-39(31-36)54-45-25-12-10-23-41(45)49-47(54)29-28-46-48(49)40-22-9-11-24-44(40)53(46)38-19-5-2-6-20-38/h1-32H. The minimum Gasteiger partial charge on any atom is -0.309 e. The van der Waals surface area contributed by atoms with Crippen LogP contribution in [0.1, 0.15) is 0 Å². The van der Waals surface area contributed by atoms with Gasteiger partial charge in [0.25, 0.3) is 0 Å². The molecule has 11 rings (SSSR count). The van der Waals surface area contributed by atoms with Crippen LogP contribution in [0.15, 0.2) is 194 Å². The Morgan fingerprint density at radius 2 is 0.833 bits per heavy atom. The number of hydrogen-bond acceptors (Lipinski definition) is 2. The first kappa shape index (κ1) is 30.3. The number of nitrogens with zero attached hydrogens (tertiary/aromatic N) is 4. The lowest BCUT2D eigenvalue weighted by Crippen LogP contribution is -1.98. The van der Waals surface area contributed by atoms with E-state index in [1.165, 1.54) is 54.4 Å². The minimum absolute atomic E-state index is 0.704. The fourth-order valence-electron chi connectivity index (χ4n) is 8.26. The number of benzene rings is 8. The molecule has 0 aliphatic rings. The second-order valence-corrected chi connectivity index (χ2v) is 13.8. The normalized spacial score (nSPS) is 11.7. The van der Waals surface area contributed by atoms with E-state index in [0.717, 1.165) is 39.5 Å². The zero-order chi connectivity index (χ0) is 35.6. The molecule has 0 saturated carbocycles. The Kier molecular flexibility index (Phi) is 6.82. The Labute approximate surface area is 311 Å². The van der Waals surface area contributed by atoms with Crippen molar-refractivity contribution in [2.24, 2.45) is 0 Å². The Morgan fingerprint density at radius 1 is 0.315 bits per heavy atom. The lowest BCUT2D eigenvalue weighted by Gasteiger charge is -2.13. The molecule has 0 unspecified atom stereocenters. The van der Waals surface area contributed by atoms with E-state index in [2.05, 4.69) is 185 Å². The first-order chi connectivity index (χ1) is 26.8. The van der Waals surface area contributed by atoms with Gasteiger partial charge in [0.05, 0.1) is 33.5 Å². The highest BCUT2D eigenvalue weighted by Gasteiger charge is 2.21. The van der Waals surface area contributed by atoms with Crippen LogP contribution in [0.3, 0.4) is 0 Å². The maximum absolute atomic E-state index is 5.19. The molecular weight excluding hydrogens is 657 g/mol. The second-order valence-electron chi connectivity index (χ2n) is 13.8. The highest BCUT2D eigenvalue weighted by Crippen LogP contribution is 2.42. The first-order valence-electron chi connectivity index (χ1n) is 18.3. The number of fused-ring (bicyclic) bond motifs is 8. The van der Waals surface area contributed by atoms with Crippen molar-refractivity contribution >= 4 is 54.4 Å². The van der Waals surface area contributed by atoms with E-state index in [4.69, 9.17) is 9.97 Å². The van der Waals surface area contributed by atoms with E-state index in [0.29, 0.717) is 5.82 Å². The zero-order valence-electron chi connectivity index (χ0n) is 29.3. The first-order valence-corrected chi connectivity index (χ1v) is 18.3. The van der Waals surface area contributed by atoms with Crippen LogP contribution in [-0.2, 0) is 0 Å². The molecule has 0 saturated heterocycles. The molecule has 3 heterocycles. The quantitative estimate of drug-likeness (QED) is 0.180. The summed E-state index contributed by atoms with van der Waals surface area (Å²) in [6.45, 7) is 0. The predicted molar refractivity (Wildman–Crippen MR) is 225 cm³/mol. The molecule has 0 N–H and O–H groups in total. The summed E-state index contributed by atoms with van der Waals surface area (Å²) >= 11 is 0. The van der Waals surface area contributed by atoms with Crippen molar-refractivity contribution < 1.29 is 0 Å². The maximum atomic E-state index is 5.19. The molecule has 0 aliphatic carbocycles. The zero-order valence-corrected chi connectivity index (χ0v) is 29.3. The van der Waals surface area contributed by atoms with Gasteiger partial charge < -0.3 is 9.13 Å². The van der Waals surface area contributed by atoms with E-state index in [1.54, 1.807) is 0 Å². The lowest BCUT2D eigenvalue weighted by molar-refractivity contribution is 1.16. The molecule has 11 aromatic rings. The van der Waals surface area contributed by atoms with Gasteiger partial charge in [0.2, 0.25) is 0 Å². The van der Waals surface area contributed by atoms with Crippen molar-refractivity contribution in [3.05, 3.63) is 194 Å². The molecule has 0 spiro atoms. The fraction of sp³-hybridized carbons (Fsp3) is 0. The number of aromatic nitrogens is 4. The molecule has 252 valence electrons. The van der Waals surface area contributed by atoms with Gasteiger partial charge >= 0.3 is 0 Å². The van der Waals surface area contributed by atoms with Gasteiger partial charge in [-0.25, -0.2) is 9.97 Å². The van der Waals surface area contributed by atoms with Crippen LogP contribution in [0, 0.1) is 0 Å². The SMILES string of the molecule is c1ccc(-c2nc(-c3cccc(-n4c5ccccc5c5c6c7ccccc7n(-c7ccccc7)c6ccc54)c3)cc(-c3ccc4ccccc4c3)n2)cc1. The highest BCUT2D eigenvalue weighted by atomic mass is 15.0. The van der Waals surface area contributed by atoms with Gasteiger partial charge in [-0.2, -0.15) is 0 Å². The lowest BCUT2D eigenvalue weighted by atomic mass is 10.0. The van der Waals surface area contributed by atoms with Gasteiger partial charge in [-0.15, -0.1) is 0 Å². The minimum atomic E-state index is 0.704. The van der Waals surface area contributed by atoms with Gasteiger partial charge in [-0.05, 0) is 71.4 Å². The van der Waals surface area contributed by atoms with Crippen molar-refractivity contribution in [1.29, 1.82) is 0 Å². The summed E-state index contributed by atoms with van der Waals surface area (Å²) < 4.78 is 4.80. The monoisotopic (exact) mass is 688 g/mol. The fourth-order valence-corrected chi connectivity index (χ4v) is 8.26. The Bertz CT molecular complexity index is 3210. The average Bonchev–Trinajstić information content (AvgIpc) is 3.77. The van der Waals surface area contributed by atoms with E-state index >= 15 is 0 Å². The van der Waals surface area contributed by atoms with Crippen LogP contribution in [0.5, 0.6) is 0 Å². The van der Waals surface area contributed by atoms with E-state index in [-0.39, 0.29) is 0 Å². The third kappa shape index (κ3) is 4.78. The van der Waals surface area contributed by atoms with Crippen LogP contribution in [0.4, 0.5) is 0 Å². The largest absolute Gasteiger partial charge is 0.309 e. The Balaban J connectivity index is 1.14. The maximum Gasteiger partial charge on any atom is 0.160 e. The van der Waals surface area contributed by atoms with Gasteiger partial charge in [0.15, 0.2) is 5.82 Å². The summed E-state index contributed by atoms with van der Waals surface area (Å²) in [4.78, 5) is 10.3. The highest BCUT2D eigenvalue weighted by molar-refractivity contribution is 6.28. The van der Waals surface area contributed by atoms with E-state index in [1.807, 2.05) is 18.2 Å². The summed E-state index contributed by atoms with van der Waals surface area (Å²) in [5.41, 5.74) is 11.8. The molecule has 0 amide bonds. The smallest absolute Gasteiger partial charge is 0.160 e. The molecule has 0 radical (unpaired) electrons. The number of hydrogen-bond donors (Lipinski definition) is 0. The van der Waals surface area contributed by atoms with Crippen LogP contribution in [0.25, 0.3) is 99.7 Å². The van der Waals surface area contributed by atoms with Crippen LogP contribution in [-0.4, -0.2) is 19.1 Å². The second kappa shape index (κ2) is 12.1. The van der Waals surface area contributed by atoms with Crippen molar-refractivity contribution in [1.82, 2.24) is 19.1 Å². The van der Waals surface area contributed by atoms with Gasteiger partial charge in [0.1, 0.15) is 0 Å². The summed E-state index contributed by atoms with van der Waals surface area (Å²) in [5.74, 6) is 0.704. The summed E-state index contributed by atoms with van der Waals surface area (Å²) in [7, 11) is 0. The topological polar surface area (TPSA) is 35.6 Å². The van der Waals surface area contributed by atoms with Crippen molar-refractivity contribution in [3.63, 3.8) is 0 Å². The average molecular weight is 689 g/mol. The number of para-hydroxylation sites is 3. The van der Waals surface area contributed by atoms with Gasteiger partial charge in [0, 0.05) is 49.6 Å². The molecule has 0 bridgehead atoms.